The first kappa shape index (κ1) is 33.4. The molecule has 0 aromatic rings. The summed E-state index contributed by atoms with van der Waals surface area (Å²) in [6, 6.07) is 0. The minimum atomic E-state index is -0.366. The third-order valence-corrected chi connectivity index (χ3v) is 2.30. The predicted octanol–water partition coefficient (Wildman–Crippen LogP) is 0.578. The molecule has 4 nitrogen and oxygen atoms in total. The zero-order chi connectivity index (χ0) is 17.1. The molecule has 0 radical (unpaired) electrons. The number of hydrogen-bond donors (Lipinski definition) is 0. The summed E-state index contributed by atoms with van der Waals surface area (Å²) < 4.78 is 0. The van der Waals surface area contributed by atoms with Crippen LogP contribution in [0, 0.1) is 0 Å². The monoisotopic (exact) mass is 382 g/mol. The summed E-state index contributed by atoms with van der Waals surface area (Å²) in [6.45, 7) is 14.2. The summed E-state index contributed by atoms with van der Waals surface area (Å²) >= 11 is 0. The largest absolute Gasteiger partial charge is 4.00 e. The third-order valence-electron chi connectivity index (χ3n) is 2.30. The van der Waals surface area contributed by atoms with Gasteiger partial charge in [0, 0.05) is 0 Å². The second-order valence-corrected chi connectivity index (χ2v) is 4.88. The van der Waals surface area contributed by atoms with Crippen LogP contribution in [0.25, 0.3) is 0 Å². The van der Waals surface area contributed by atoms with E-state index in [4.69, 9.17) is 0 Å². The van der Waals surface area contributed by atoms with Gasteiger partial charge in [-0.25, -0.2) is 0 Å². The van der Waals surface area contributed by atoms with E-state index in [-0.39, 0.29) is 50.6 Å². The molecule has 4 atom stereocenters. The van der Waals surface area contributed by atoms with Crippen molar-refractivity contribution in [1.82, 2.24) is 0 Å². The van der Waals surface area contributed by atoms with Crippen molar-refractivity contribution in [1.29, 1.82) is 0 Å². The SMILES string of the molecule is CCC(C)[O-].CCC(C)[O-].CCC(C)[O-].CCC(C)[O-].[Zr+4]. The fraction of sp³-hybridized carbons (Fsp3) is 1.00. The van der Waals surface area contributed by atoms with Crippen LogP contribution in [0.3, 0.4) is 0 Å². The van der Waals surface area contributed by atoms with Crippen molar-refractivity contribution in [2.45, 2.75) is 105 Å². The molecule has 0 rings (SSSR count). The van der Waals surface area contributed by atoms with Crippen LogP contribution in [-0.4, -0.2) is 24.4 Å². The van der Waals surface area contributed by atoms with Crippen LogP contribution in [0.4, 0.5) is 0 Å². The van der Waals surface area contributed by atoms with Crippen LogP contribution in [-0.2, 0) is 26.2 Å². The Morgan fingerprint density at radius 2 is 0.524 bits per heavy atom. The van der Waals surface area contributed by atoms with Crippen LogP contribution in [0.1, 0.15) is 81.1 Å². The van der Waals surface area contributed by atoms with Crippen LogP contribution in [0.5, 0.6) is 0 Å². The van der Waals surface area contributed by atoms with Crippen molar-refractivity contribution in [3.05, 3.63) is 0 Å². The second kappa shape index (κ2) is 28.8. The normalized spacial score (nSPS) is 14.3. The Kier molecular flexibility index (Phi) is 45.8. The predicted molar refractivity (Wildman–Crippen MR) is 79.0 cm³/mol. The summed E-state index contributed by atoms with van der Waals surface area (Å²) in [6.07, 6.45) is 1.54. The smallest absolute Gasteiger partial charge is 0.852 e. The van der Waals surface area contributed by atoms with Gasteiger partial charge in [-0.15, -0.1) is 24.4 Å². The Bertz CT molecular complexity index is 108. The van der Waals surface area contributed by atoms with Gasteiger partial charge < -0.3 is 20.4 Å². The minimum Gasteiger partial charge on any atom is -0.852 e. The molecular formula is C16H36O4Zr. The molecule has 0 N–H and O–H groups in total. The van der Waals surface area contributed by atoms with E-state index in [0.29, 0.717) is 0 Å². The van der Waals surface area contributed by atoms with Crippen molar-refractivity contribution < 1.29 is 46.6 Å². The average molecular weight is 384 g/mol. The molecule has 4 unspecified atom stereocenters. The molecule has 0 spiro atoms. The summed E-state index contributed by atoms with van der Waals surface area (Å²) in [7, 11) is 0. The minimum absolute atomic E-state index is 0. The van der Waals surface area contributed by atoms with E-state index in [9.17, 15) is 20.4 Å². The standard InChI is InChI=1S/4C4H9O.Zr/c4*1-3-4(2)5;/h4*4H,3H2,1-2H3;/q4*-1;+4. The zero-order valence-corrected chi connectivity index (χ0v) is 17.7. The molecule has 0 bridgehead atoms. The molecule has 0 fully saturated rings. The molecule has 21 heavy (non-hydrogen) atoms. The van der Waals surface area contributed by atoms with Gasteiger partial charge in [-0.05, 0) is 0 Å². The Balaban J connectivity index is -0.0000000533. The van der Waals surface area contributed by atoms with Crippen LogP contribution >= 0.6 is 0 Å². The van der Waals surface area contributed by atoms with Crippen LogP contribution in [0.2, 0.25) is 0 Å². The zero-order valence-electron chi connectivity index (χ0n) is 15.3. The number of rotatable bonds is 4. The second-order valence-electron chi connectivity index (χ2n) is 4.88. The van der Waals surface area contributed by atoms with Crippen molar-refractivity contribution in [2.75, 3.05) is 0 Å². The van der Waals surface area contributed by atoms with Gasteiger partial charge >= 0.3 is 26.2 Å². The fourth-order valence-electron chi connectivity index (χ4n) is 0. The van der Waals surface area contributed by atoms with Gasteiger partial charge in [0.05, 0.1) is 0 Å². The molecule has 0 aromatic carbocycles. The van der Waals surface area contributed by atoms with Gasteiger partial charge in [0.15, 0.2) is 0 Å². The number of hydrogen-bond acceptors (Lipinski definition) is 4. The van der Waals surface area contributed by atoms with Crippen molar-refractivity contribution in [2.24, 2.45) is 0 Å². The van der Waals surface area contributed by atoms with Gasteiger partial charge in [0.1, 0.15) is 0 Å². The molecule has 0 aliphatic rings. The molecule has 0 amide bonds. The maximum Gasteiger partial charge on any atom is 4.00 e. The molecular weight excluding hydrogens is 347 g/mol. The first-order chi connectivity index (χ1) is 9.08. The summed E-state index contributed by atoms with van der Waals surface area (Å²) in [5.74, 6) is 0. The van der Waals surface area contributed by atoms with Crippen molar-refractivity contribution in [3.63, 3.8) is 0 Å². The van der Waals surface area contributed by atoms with Crippen molar-refractivity contribution in [3.8, 4) is 0 Å². The molecule has 5 heteroatoms. The first-order valence-corrected chi connectivity index (χ1v) is 7.71. The van der Waals surface area contributed by atoms with E-state index in [1.807, 2.05) is 27.7 Å². The molecule has 0 aliphatic carbocycles. The van der Waals surface area contributed by atoms with E-state index in [1.54, 1.807) is 27.7 Å². The van der Waals surface area contributed by atoms with E-state index >= 15 is 0 Å². The maximum absolute atomic E-state index is 9.90. The molecule has 0 aromatic heterocycles. The van der Waals surface area contributed by atoms with E-state index in [0.717, 1.165) is 25.7 Å². The maximum atomic E-state index is 9.90. The van der Waals surface area contributed by atoms with Crippen LogP contribution < -0.4 is 20.4 Å². The third kappa shape index (κ3) is 95.5. The van der Waals surface area contributed by atoms with Gasteiger partial charge in [-0.2, -0.15) is 0 Å². The Hall–Kier alpha value is 0.723. The topological polar surface area (TPSA) is 92.2 Å². The van der Waals surface area contributed by atoms with Crippen molar-refractivity contribution >= 4 is 0 Å². The molecule has 0 saturated carbocycles. The van der Waals surface area contributed by atoms with Gasteiger partial charge in [-0.3, -0.25) is 0 Å². The fourth-order valence-corrected chi connectivity index (χ4v) is 0. The Labute approximate surface area is 152 Å². The first-order valence-electron chi connectivity index (χ1n) is 7.71. The quantitative estimate of drug-likeness (QED) is 0.710. The van der Waals surface area contributed by atoms with Gasteiger partial charge in [0.2, 0.25) is 0 Å². The average Bonchev–Trinajstić information content (AvgIpc) is 2.40. The summed E-state index contributed by atoms with van der Waals surface area (Å²) in [5, 5.41) is 39.6. The Morgan fingerprint density at radius 3 is 0.524 bits per heavy atom. The molecule has 0 saturated heterocycles. The van der Waals surface area contributed by atoms with E-state index in [1.165, 1.54) is 0 Å². The van der Waals surface area contributed by atoms with Gasteiger partial charge in [-0.1, -0.05) is 81.1 Å². The summed E-state index contributed by atoms with van der Waals surface area (Å²) in [5.41, 5.74) is 0. The summed E-state index contributed by atoms with van der Waals surface area (Å²) in [4.78, 5) is 0. The van der Waals surface area contributed by atoms with Crippen LogP contribution in [0.15, 0.2) is 0 Å². The molecule has 128 valence electrons. The van der Waals surface area contributed by atoms with E-state index < -0.39 is 0 Å². The Morgan fingerprint density at radius 1 is 0.476 bits per heavy atom. The molecule has 0 aliphatic heterocycles. The van der Waals surface area contributed by atoms with E-state index in [2.05, 4.69) is 0 Å². The van der Waals surface area contributed by atoms with Gasteiger partial charge in [0.25, 0.3) is 0 Å². The molecule has 0 heterocycles.